The lowest BCUT2D eigenvalue weighted by Crippen LogP contribution is -2.01. The SMILES string of the molecule is N#Cc1ccc(NCc2cccc(F)c2O)c(Cl)c1. The van der Waals surface area contributed by atoms with E-state index >= 15 is 0 Å². The smallest absolute Gasteiger partial charge is 0.165 e. The molecule has 2 aromatic carbocycles. The number of nitrogens with one attached hydrogen (secondary N) is 1. The van der Waals surface area contributed by atoms with Crippen LogP contribution in [0.15, 0.2) is 36.4 Å². The Morgan fingerprint density at radius 3 is 2.79 bits per heavy atom. The van der Waals surface area contributed by atoms with Crippen molar-refractivity contribution in [1.82, 2.24) is 0 Å². The second-order valence-electron chi connectivity index (χ2n) is 3.91. The van der Waals surface area contributed by atoms with Crippen molar-refractivity contribution in [3.8, 4) is 11.8 Å². The third kappa shape index (κ3) is 2.95. The first-order chi connectivity index (χ1) is 9.11. The van der Waals surface area contributed by atoms with E-state index in [-0.39, 0.29) is 12.3 Å². The monoisotopic (exact) mass is 276 g/mol. The fourth-order valence-corrected chi connectivity index (χ4v) is 1.87. The van der Waals surface area contributed by atoms with Crippen LogP contribution in [0.3, 0.4) is 0 Å². The minimum absolute atomic E-state index is 0.231. The molecule has 0 amide bonds. The molecular weight excluding hydrogens is 267 g/mol. The van der Waals surface area contributed by atoms with E-state index in [2.05, 4.69) is 5.32 Å². The Bertz CT molecular complexity index is 652. The van der Waals surface area contributed by atoms with E-state index in [9.17, 15) is 9.50 Å². The number of para-hydroxylation sites is 1. The molecule has 0 atom stereocenters. The van der Waals surface area contributed by atoms with E-state index < -0.39 is 5.82 Å². The van der Waals surface area contributed by atoms with Crippen molar-refractivity contribution >= 4 is 17.3 Å². The molecule has 0 unspecified atom stereocenters. The van der Waals surface area contributed by atoms with Crippen molar-refractivity contribution in [2.45, 2.75) is 6.54 Å². The van der Waals surface area contributed by atoms with Crippen LogP contribution in [0, 0.1) is 17.1 Å². The van der Waals surface area contributed by atoms with Crippen LogP contribution in [0.4, 0.5) is 10.1 Å². The van der Waals surface area contributed by atoms with Gasteiger partial charge in [0, 0.05) is 12.1 Å². The highest BCUT2D eigenvalue weighted by Crippen LogP contribution is 2.26. The minimum atomic E-state index is -0.662. The van der Waals surface area contributed by atoms with Gasteiger partial charge in [-0.05, 0) is 24.3 Å². The summed E-state index contributed by atoms with van der Waals surface area (Å²) < 4.78 is 13.1. The summed E-state index contributed by atoms with van der Waals surface area (Å²) in [5, 5.41) is 21.6. The number of anilines is 1. The predicted molar refractivity (Wildman–Crippen MR) is 71.6 cm³/mol. The molecule has 0 spiro atoms. The summed E-state index contributed by atoms with van der Waals surface area (Å²) in [4.78, 5) is 0. The standard InChI is InChI=1S/C14H10ClFN2O/c15-11-6-9(7-17)4-5-13(11)18-8-10-2-1-3-12(16)14(10)19/h1-6,18-19H,8H2. The zero-order valence-electron chi connectivity index (χ0n) is 9.82. The van der Waals surface area contributed by atoms with Crippen LogP contribution in [0.5, 0.6) is 5.75 Å². The molecule has 0 saturated carbocycles. The van der Waals surface area contributed by atoms with Gasteiger partial charge in [-0.25, -0.2) is 4.39 Å². The number of hydrogen-bond donors (Lipinski definition) is 2. The van der Waals surface area contributed by atoms with Crippen LogP contribution in [0.25, 0.3) is 0 Å². The first-order valence-corrected chi connectivity index (χ1v) is 5.89. The van der Waals surface area contributed by atoms with Crippen molar-refractivity contribution in [3.05, 3.63) is 58.4 Å². The quantitative estimate of drug-likeness (QED) is 0.899. The fraction of sp³-hybridized carbons (Fsp3) is 0.0714. The summed E-state index contributed by atoms with van der Waals surface area (Å²) >= 11 is 6.00. The Kier molecular flexibility index (Phi) is 3.88. The molecular formula is C14H10ClFN2O. The zero-order chi connectivity index (χ0) is 13.8. The molecule has 96 valence electrons. The summed E-state index contributed by atoms with van der Waals surface area (Å²) in [6.45, 7) is 0.231. The van der Waals surface area contributed by atoms with Gasteiger partial charge < -0.3 is 10.4 Å². The van der Waals surface area contributed by atoms with Crippen molar-refractivity contribution in [1.29, 1.82) is 5.26 Å². The van der Waals surface area contributed by atoms with Crippen LogP contribution >= 0.6 is 11.6 Å². The summed E-state index contributed by atoms with van der Waals surface area (Å²) in [5.41, 5.74) is 1.51. The predicted octanol–water partition coefficient (Wildman–Crippen LogP) is 3.67. The van der Waals surface area contributed by atoms with Gasteiger partial charge in [-0.15, -0.1) is 0 Å². The van der Waals surface area contributed by atoms with E-state index in [4.69, 9.17) is 16.9 Å². The maximum atomic E-state index is 13.1. The van der Waals surface area contributed by atoms with Crippen molar-refractivity contribution in [3.63, 3.8) is 0 Å². The molecule has 0 aliphatic heterocycles. The lowest BCUT2D eigenvalue weighted by atomic mass is 10.1. The molecule has 19 heavy (non-hydrogen) atoms. The highest BCUT2D eigenvalue weighted by Gasteiger charge is 2.07. The molecule has 0 aliphatic carbocycles. The Morgan fingerprint density at radius 2 is 2.11 bits per heavy atom. The second-order valence-corrected chi connectivity index (χ2v) is 4.31. The molecule has 2 rings (SSSR count). The molecule has 0 aliphatic rings. The summed E-state index contributed by atoms with van der Waals surface area (Å²) in [7, 11) is 0. The van der Waals surface area contributed by atoms with Gasteiger partial charge in [-0.2, -0.15) is 5.26 Å². The molecule has 2 N–H and O–H groups in total. The molecule has 0 fully saturated rings. The van der Waals surface area contributed by atoms with Gasteiger partial charge in [0.2, 0.25) is 0 Å². The first-order valence-electron chi connectivity index (χ1n) is 5.51. The molecule has 5 heteroatoms. The molecule has 0 heterocycles. The van der Waals surface area contributed by atoms with Crippen molar-refractivity contribution < 1.29 is 9.50 Å². The maximum Gasteiger partial charge on any atom is 0.165 e. The van der Waals surface area contributed by atoms with Gasteiger partial charge >= 0.3 is 0 Å². The Morgan fingerprint density at radius 1 is 1.32 bits per heavy atom. The third-order valence-corrected chi connectivity index (χ3v) is 2.95. The topological polar surface area (TPSA) is 56.0 Å². The summed E-state index contributed by atoms with van der Waals surface area (Å²) in [5.74, 6) is -1.04. The van der Waals surface area contributed by atoms with Crippen LogP contribution < -0.4 is 5.32 Å². The minimum Gasteiger partial charge on any atom is -0.505 e. The molecule has 0 aromatic heterocycles. The Hall–Kier alpha value is -2.25. The summed E-state index contributed by atoms with van der Waals surface area (Å²) in [6.07, 6.45) is 0. The number of rotatable bonds is 3. The van der Waals surface area contributed by atoms with E-state index in [0.717, 1.165) is 0 Å². The number of phenols is 1. The number of nitrogens with zero attached hydrogens (tertiary/aromatic N) is 1. The number of aromatic hydroxyl groups is 1. The van der Waals surface area contributed by atoms with Gasteiger partial charge in [0.05, 0.1) is 22.3 Å². The van der Waals surface area contributed by atoms with Crippen molar-refractivity contribution in [2.24, 2.45) is 0 Å². The van der Waals surface area contributed by atoms with Crippen LogP contribution in [0.2, 0.25) is 5.02 Å². The highest BCUT2D eigenvalue weighted by atomic mass is 35.5. The van der Waals surface area contributed by atoms with Gasteiger partial charge in [-0.1, -0.05) is 23.7 Å². The third-order valence-electron chi connectivity index (χ3n) is 2.64. The lowest BCUT2D eigenvalue weighted by Gasteiger charge is -2.10. The van der Waals surface area contributed by atoms with E-state index in [1.807, 2.05) is 6.07 Å². The van der Waals surface area contributed by atoms with E-state index in [1.165, 1.54) is 18.2 Å². The van der Waals surface area contributed by atoms with Gasteiger partial charge in [0.1, 0.15) is 0 Å². The number of halogens is 2. The molecule has 2 aromatic rings. The van der Waals surface area contributed by atoms with Crippen LogP contribution in [0.1, 0.15) is 11.1 Å². The average Bonchev–Trinajstić information content (AvgIpc) is 2.41. The van der Waals surface area contributed by atoms with Gasteiger partial charge in [0.25, 0.3) is 0 Å². The molecule has 3 nitrogen and oxygen atoms in total. The van der Waals surface area contributed by atoms with Gasteiger partial charge in [-0.3, -0.25) is 0 Å². The van der Waals surface area contributed by atoms with Crippen molar-refractivity contribution in [2.75, 3.05) is 5.32 Å². The number of hydrogen-bond acceptors (Lipinski definition) is 3. The Labute approximate surface area is 114 Å². The largest absolute Gasteiger partial charge is 0.505 e. The lowest BCUT2D eigenvalue weighted by molar-refractivity contribution is 0.427. The van der Waals surface area contributed by atoms with Gasteiger partial charge in [0.15, 0.2) is 11.6 Å². The number of benzene rings is 2. The summed E-state index contributed by atoms with van der Waals surface area (Å²) in [6, 6.07) is 11.1. The highest BCUT2D eigenvalue weighted by molar-refractivity contribution is 6.33. The van der Waals surface area contributed by atoms with E-state index in [0.29, 0.717) is 21.8 Å². The Balaban J connectivity index is 2.15. The van der Waals surface area contributed by atoms with E-state index in [1.54, 1.807) is 18.2 Å². The first kappa shape index (κ1) is 13.2. The molecule has 0 bridgehead atoms. The normalized spacial score (nSPS) is 9.95. The molecule has 0 radical (unpaired) electrons. The molecule has 0 saturated heterocycles. The maximum absolute atomic E-state index is 13.1. The number of nitriles is 1. The zero-order valence-corrected chi connectivity index (χ0v) is 10.6. The number of phenolic OH excluding ortho intramolecular Hbond substituents is 1. The average molecular weight is 277 g/mol. The fourth-order valence-electron chi connectivity index (χ4n) is 1.62. The van der Waals surface area contributed by atoms with Crippen LogP contribution in [-0.2, 0) is 6.54 Å². The van der Waals surface area contributed by atoms with Crippen LogP contribution in [-0.4, -0.2) is 5.11 Å². The second kappa shape index (κ2) is 5.59.